The molecule has 3 aliphatic rings. The van der Waals surface area contributed by atoms with Crippen molar-refractivity contribution in [2.45, 2.75) is 31.7 Å². The number of piperidine rings is 3. The molecule has 2 aromatic carbocycles. The first-order chi connectivity index (χ1) is 14.1. The Bertz CT molecular complexity index is 858. The summed E-state index contributed by atoms with van der Waals surface area (Å²) >= 11 is 0. The Morgan fingerprint density at radius 3 is 2.39 bits per heavy atom. The predicted molar refractivity (Wildman–Crippen MR) is 125 cm³/mol. The fourth-order valence-corrected chi connectivity index (χ4v) is 4.37. The zero-order valence-corrected chi connectivity index (χ0v) is 19.0. The third-order valence-corrected chi connectivity index (χ3v) is 6.04. The molecule has 0 radical (unpaired) electrons. The van der Waals surface area contributed by atoms with Crippen molar-refractivity contribution in [2.75, 3.05) is 26.2 Å². The largest absolute Gasteiger partial charge is 0.457 e. The zero-order valence-electron chi connectivity index (χ0n) is 17.4. The van der Waals surface area contributed by atoms with Gasteiger partial charge in [0.1, 0.15) is 17.3 Å². The molecule has 170 valence electrons. The minimum atomic E-state index is -0.543. The summed E-state index contributed by atoms with van der Waals surface area (Å²) < 4.78 is 20.1. The smallest absolute Gasteiger partial charge is 0.254 e. The molecule has 3 N–H and O–H groups in total. The average Bonchev–Trinajstić information content (AvgIpc) is 2.76. The number of benzene rings is 2. The monoisotopic (exact) mass is 469 g/mol. The molecule has 0 saturated carbocycles. The van der Waals surface area contributed by atoms with Crippen LogP contribution in [0.3, 0.4) is 0 Å². The molecule has 3 aliphatic heterocycles. The van der Waals surface area contributed by atoms with Crippen molar-refractivity contribution in [2.24, 2.45) is 11.7 Å². The van der Waals surface area contributed by atoms with Gasteiger partial charge in [-0.2, -0.15) is 0 Å². The highest BCUT2D eigenvalue weighted by Gasteiger charge is 2.33. The van der Waals surface area contributed by atoms with Gasteiger partial charge in [-0.05, 0) is 87.1 Å². The van der Waals surface area contributed by atoms with E-state index in [1.165, 1.54) is 31.0 Å². The second-order valence-corrected chi connectivity index (χ2v) is 8.01. The lowest BCUT2D eigenvalue weighted by Crippen LogP contribution is -2.53. The number of ether oxygens (including phenoxy) is 1. The summed E-state index contributed by atoms with van der Waals surface area (Å²) in [4.78, 5) is 15.0. The second kappa shape index (κ2) is 11.7. The first kappa shape index (κ1) is 25.4. The number of hydrogen-bond acceptors (Lipinski definition) is 4. The van der Waals surface area contributed by atoms with Gasteiger partial charge in [0, 0.05) is 12.6 Å². The van der Waals surface area contributed by atoms with Crippen molar-refractivity contribution in [1.82, 2.24) is 10.2 Å². The molecule has 2 aromatic rings. The quantitative estimate of drug-likeness (QED) is 0.638. The number of fused-ring (bicyclic) bond motifs is 3. The van der Waals surface area contributed by atoms with Gasteiger partial charge in [0.2, 0.25) is 0 Å². The Kier molecular flexibility index (Phi) is 9.56. The van der Waals surface area contributed by atoms with Crippen LogP contribution in [0, 0.1) is 11.7 Å². The predicted octanol–water partition coefficient (Wildman–Crippen LogP) is 4.18. The summed E-state index contributed by atoms with van der Waals surface area (Å²) in [7, 11) is 0. The number of nitrogens with one attached hydrogen (secondary N) is 1. The number of rotatable bonds is 7. The summed E-state index contributed by atoms with van der Waals surface area (Å²) in [6.45, 7) is 3.36. The van der Waals surface area contributed by atoms with Crippen molar-refractivity contribution in [3.8, 4) is 11.5 Å². The van der Waals surface area contributed by atoms with Crippen LogP contribution in [0.2, 0.25) is 0 Å². The molecule has 2 bridgehead atoms. The van der Waals surface area contributed by atoms with Crippen molar-refractivity contribution in [3.05, 3.63) is 59.4 Å². The second-order valence-electron chi connectivity index (χ2n) is 8.01. The molecule has 1 atom stereocenters. The fourth-order valence-electron chi connectivity index (χ4n) is 4.37. The molecule has 5 nitrogen and oxygen atoms in total. The van der Waals surface area contributed by atoms with E-state index >= 15 is 0 Å². The maximum absolute atomic E-state index is 14.3. The van der Waals surface area contributed by atoms with Crippen LogP contribution in [0.25, 0.3) is 0 Å². The molecule has 1 amide bonds. The molecule has 8 heteroatoms. The molecule has 3 heterocycles. The fraction of sp³-hybridized carbons (Fsp3) is 0.435. The lowest BCUT2D eigenvalue weighted by Gasteiger charge is -2.45. The van der Waals surface area contributed by atoms with Crippen molar-refractivity contribution < 1.29 is 13.9 Å². The number of nitrogens with zero attached hydrogens (tertiary/aromatic N) is 1. The lowest BCUT2D eigenvalue weighted by atomic mass is 9.83. The molecule has 0 aromatic heterocycles. The number of hydrogen-bond donors (Lipinski definition) is 2. The van der Waals surface area contributed by atoms with Crippen molar-refractivity contribution >= 4 is 30.7 Å². The molecule has 5 rings (SSSR count). The van der Waals surface area contributed by atoms with E-state index in [0.717, 1.165) is 37.4 Å². The summed E-state index contributed by atoms with van der Waals surface area (Å²) in [5, 5.41) is 2.92. The standard InChI is InChI=1S/C23H28FN3O2.2ClH/c24-22-6-5-20(29-19-3-1-16(2-4-19)7-10-25)14-21(22)23(28)26-15-18-13-17-8-11-27(18)12-9-17;;/h1-6,14,17-18H,7-13,15,25H2,(H,26,28);2*1H. The Morgan fingerprint density at radius 2 is 1.77 bits per heavy atom. The van der Waals surface area contributed by atoms with E-state index in [2.05, 4.69) is 10.2 Å². The highest BCUT2D eigenvalue weighted by atomic mass is 35.5. The van der Waals surface area contributed by atoms with Gasteiger partial charge >= 0.3 is 0 Å². The summed E-state index contributed by atoms with van der Waals surface area (Å²) in [6.07, 6.45) is 4.43. The van der Waals surface area contributed by atoms with Crippen LogP contribution in [0.15, 0.2) is 42.5 Å². The van der Waals surface area contributed by atoms with Crippen LogP contribution < -0.4 is 15.8 Å². The number of carbonyl (C=O) groups excluding carboxylic acids is 1. The maximum Gasteiger partial charge on any atom is 0.254 e. The number of carbonyl (C=O) groups is 1. The third kappa shape index (κ3) is 6.32. The molecule has 0 spiro atoms. The van der Waals surface area contributed by atoms with Gasteiger partial charge in [-0.25, -0.2) is 4.39 Å². The summed E-state index contributed by atoms with van der Waals surface area (Å²) in [5.74, 6) is 0.900. The Hall–Kier alpha value is -1.86. The van der Waals surface area contributed by atoms with Gasteiger partial charge in [-0.3, -0.25) is 9.69 Å². The van der Waals surface area contributed by atoms with Crippen molar-refractivity contribution in [3.63, 3.8) is 0 Å². The van der Waals surface area contributed by atoms with Gasteiger partial charge in [-0.1, -0.05) is 12.1 Å². The first-order valence-corrected chi connectivity index (χ1v) is 10.4. The van der Waals surface area contributed by atoms with Gasteiger partial charge < -0.3 is 15.8 Å². The van der Waals surface area contributed by atoms with E-state index in [1.807, 2.05) is 24.3 Å². The number of halogens is 3. The zero-order chi connectivity index (χ0) is 20.2. The summed E-state index contributed by atoms with van der Waals surface area (Å²) in [6, 6.07) is 12.2. The van der Waals surface area contributed by atoms with Crippen molar-refractivity contribution in [1.29, 1.82) is 0 Å². The molecule has 31 heavy (non-hydrogen) atoms. The van der Waals surface area contributed by atoms with E-state index in [0.29, 0.717) is 30.6 Å². The molecule has 3 fully saturated rings. The van der Waals surface area contributed by atoms with E-state index in [1.54, 1.807) is 0 Å². The first-order valence-electron chi connectivity index (χ1n) is 10.4. The van der Waals surface area contributed by atoms with E-state index in [4.69, 9.17) is 10.5 Å². The molecule has 3 saturated heterocycles. The molecule has 0 aliphatic carbocycles. The van der Waals surface area contributed by atoms with Crippen LogP contribution in [0.1, 0.15) is 35.2 Å². The normalized spacial score (nSPS) is 21.5. The van der Waals surface area contributed by atoms with E-state index < -0.39 is 11.7 Å². The Labute approximate surface area is 195 Å². The van der Waals surface area contributed by atoms with Crippen LogP contribution in [-0.2, 0) is 6.42 Å². The van der Waals surface area contributed by atoms with Crippen LogP contribution in [-0.4, -0.2) is 43.0 Å². The lowest BCUT2D eigenvalue weighted by molar-refractivity contribution is 0.0481. The van der Waals surface area contributed by atoms with Crippen LogP contribution in [0.4, 0.5) is 4.39 Å². The SMILES string of the molecule is Cl.Cl.NCCc1ccc(Oc2ccc(F)c(C(=O)NCC3CC4CCN3CC4)c2)cc1. The molecular weight excluding hydrogens is 440 g/mol. The number of amides is 1. The van der Waals surface area contributed by atoms with Crippen LogP contribution in [0.5, 0.6) is 11.5 Å². The minimum Gasteiger partial charge on any atom is -0.457 e. The van der Waals surface area contributed by atoms with Crippen LogP contribution >= 0.6 is 24.8 Å². The number of nitrogens with two attached hydrogens (primary N) is 1. The molecular formula is C23H30Cl2FN3O2. The van der Waals surface area contributed by atoms with E-state index in [-0.39, 0.29) is 30.4 Å². The Balaban J connectivity index is 0.00000171. The summed E-state index contributed by atoms with van der Waals surface area (Å²) in [5.41, 5.74) is 6.71. The maximum atomic E-state index is 14.3. The highest BCUT2D eigenvalue weighted by Crippen LogP contribution is 2.31. The highest BCUT2D eigenvalue weighted by molar-refractivity contribution is 5.94. The Morgan fingerprint density at radius 1 is 1.10 bits per heavy atom. The van der Waals surface area contributed by atoms with Gasteiger partial charge in [0.25, 0.3) is 5.91 Å². The van der Waals surface area contributed by atoms with Gasteiger partial charge in [-0.15, -0.1) is 24.8 Å². The topological polar surface area (TPSA) is 67.6 Å². The minimum absolute atomic E-state index is 0. The molecule has 1 unspecified atom stereocenters. The van der Waals surface area contributed by atoms with Gasteiger partial charge in [0.05, 0.1) is 5.56 Å². The average molecular weight is 470 g/mol. The van der Waals surface area contributed by atoms with E-state index in [9.17, 15) is 9.18 Å². The third-order valence-electron chi connectivity index (χ3n) is 6.04. The van der Waals surface area contributed by atoms with Gasteiger partial charge in [0.15, 0.2) is 0 Å².